The maximum atomic E-state index is 14.8. The van der Waals surface area contributed by atoms with Gasteiger partial charge in [-0.15, -0.1) is 0 Å². The normalized spacial score (nSPS) is 13.9. The minimum Gasteiger partial charge on any atom is -0.322 e. The van der Waals surface area contributed by atoms with Gasteiger partial charge < -0.3 is 10.6 Å². The second-order valence-electron chi connectivity index (χ2n) is 10.3. The van der Waals surface area contributed by atoms with E-state index in [1.54, 1.807) is 21.6 Å². The van der Waals surface area contributed by atoms with Gasteiger partial charge in [-0.3, -0.25) is 9.78 Å². The summed E-state index contributed by atoms with van der Waals surface area (Å²) in [4.78, 5) is 26.8. The summed E-state index contributed by atoms with van der Waals surface area (Å²) in [7, 11) is 0. The third-order valence-electron chi connectivity index (χ3n) is 6.29. The van der Waals surface area contributed by atoms with Gasteiger partial charge in [-0.25, -0.2) is 18.7 Å². The molecular formula is C26H30FN7O. The summed E-state index contributed by atoms with van der Waals surface area (Å²) in [6.45, 7) is 11.7. The molecule has 0 fully saturated rings. The third kappa shape index (κ3) is 4.20. The van der Waals surface area contributed by atoms with Crippen LogP contribution in [0.2, 0.25) is 0 Å². The topological polar surface area (TPSA) is 89.7 Å². The number of anilines is 2. The summed E-state index contributed by atoms with van der Waals surface area (Å²) < 4.78 is 18.3. The lowest BCUT2D eigenvalue weighted by Gasteiger charge is -2.20. The van der Waals surface area contributed by atoms with Gasteiger partial charge in [0.2, 0.25) is 5.95 Å². The standard InChI is InChI=1S/C26H30FN7O/c1-15(2)33-24(35)19-14-30-25(31-21-11-16-6-8-28-13-17(16)10-20(21)27)32-23(19)34(33)18-7-9-29-22(12-18)26(3,4)5/h7,9-12,14-15,28H,6,8,13H2,1-5H3,(H,30,31,32). The molecule has 4 heterocycles. The zero-order valence-corrected chi connectivity index (χ0v) is 20.7. The van der Waals surface area contributed by atoms with Crippen LogP contribution in [-0.4, -0.2) is 30.9 Å². The van der Waals surface area contributed by atoms with Crippen LogP contribution in [0.5, 0.6) is 0 Å². The van der Waals surface area contributed by atoms with Crippen LogP contribution in [0.25, 0.3) is 16.7 Å². The van der Waals surface area contributed by atoms with Crippen molar-refractivity contribution in [3.8, 4) is 5.69 Å². The molecule has 1 aliphatic rings. The summed E-state index contributed by atoms with van der Waals surface area (Å²) in [5.74, 6) is -0.137. The number of hydrogen-bond acceptors (Lipinski definition) is 6. The van der Waals surface area contributed by atoms with E-state index >= 15 is 0 Å². The van der Waals surface area contributed by atoms with E-state index in [1.165, 1.54) is 6.20 Å². The average Bonchev–Trinajstić information content (AvgIpc) is 3.11. The lowest BCUT2D eigenvalue weighted by atomic mass is 9.91. The maximum absolute atomic E-state index is 14.8. The predicted molar refractivity (Wildman–Crippen MR) is 135 cm³/mol. The molecule has 9 heteroatoms. The molecule has 2 N–H and O–H groups in total. The van der Waals surface area contributed by atoms with Crippen molar-refractivity contribution in [2.45, 2.75) is 59.0 Å². The summed E-state index contributed by atoms with van der Waals surface area (Å²) >= 11 is 0. The van der Waals surface area contributed by atoms with Gasteiger partial charge in [-0.1, -0.05) is 20.8 Å². The van der Waals surface area contributed by atoms with Gasteiger partial charge in [0, 0.05) is 36.1 Å². The Labute approximate surface area is 203 Å². The van der Waals surface area contributed by atoms with E-state index < -0.39 is 0 Å². The number of halogens is 1. The molecule has 35 heavy (non-hydrogen) atoms. The molecule has 0 radical (unpaired) electrons. The van der Waals surface area contributed by atoms with E-state index in [4.69, 9.17) is 0 Å². The molecule has 3 aromatic heterocycles. The number of benzene rings is 1. The first-order chi connectivity index (χ1) is 16.6. The Bertz CT molecular complexity index is 1480. The van der Waals surface area contributed by atoms with Crippen LogP contribution >= 0.6 is 0 Å². The van der Waals surface area contributed by atoms with Gasteiger partial charge in [0.05, 0.1) is 11.4 Å². The molecule has 0 saturated heterocycles. The number of fused-ring (bicyclic) bond motifs is 2. The van der Waals surface area contributed by atoms with Crippen molar-refractivity contribution in [2.75, 3.05) is 11.9 Å². The smallest absolute Gasteiger partial charge is 0.278 e. The molecule has 0 atom stereocenters. The minimum absolute atomic E-state index is 0.119. The molecule has 1 aliphatic heterocycles. The molecule has 0 bridgehead atoms. The number of nitrogens with zero attached hydrogens (tertiary/aromatic N) is 5. The molecular weight excluding hydrogens is 445 g/mol. The fraction of sp³-hybridized carbons (Fsp3) is 0.385. The summed E-state index contributed by atoms with van der Waals surface area (Å²) in [5, 5.41) is 6.69. The average molecular weight is 476 g/mol. The first kappa shape index (κ1) is 23.2. The Morgan fingerprint density at radius 2 is 1.94 bits per heavy atom. The lowest BCUT2D eigenvalue weighted by molar-refractivity contribution is 0.474. The number of nitrogens with one attached hydrogen (secondary N) is 2. The SMILES string of the molecule is CC(C)n1c(=O)c2cnc(Nc3cc4c(cc3F)CNCC4)nc2n1-c1ccnc(C(C)(C)C)c1. The van der Waals surface area contributed by atoms with Gasteiger partial charge in [0.25, 0.3) is 5.56 Å². The highest BCUT2D eigenvalue weighted by molar-refractivity contribution is 5.77. The maximum Gasteiger partial charge on any atom is 0.278 e. The Morgan fingerprint density at radius 3 is 2.69 bits per heavy atom. The van der Waals surface area contributed by atoms with Crippen molar-refractivity contribution in [3.05, 3.63) is 69.7 Å². The molecule has 5 rings (SSSR count). The Morgan fingerprint density at radius 1 is 1.14 bits per heavy atom. The molecule has 4 aromatic rings. The molecule has 1 aromatic carbocycles. The van der Waals surface area contributed by atoms with Gasteiger partial charge in [0.15, 0.2) is 5.65 Å². The van der Waals surface area contributed by atoms with Crippen LogP contribution < -0.4 is 16.2 Å². The largest absolute Gasteiger partial charge is 0.322 e. The molecule has 0 amide bonds. The van der Waals surface area contributed by atoms with Crippen LogP contribution in [0, 0.1) is 5.82 Å². The molecule has 0 aliphatic carbocycles. The van der Waals surface area contributed by atoms with Crippen molar-refractivity contribution in [1.82, 2.24) is 29.6 Å². The van der Waals surface area contributed by atoms with E-state index in [0.717, 1.165) is 35.5 Å². The van der Waals surface area contributed by atoms with Crippen LogP contribution in [0.4, 0.5) is 16.0 Å². The summed E-state index contributed by atoms with van der Waals surface area (Å²) in [6.07, 6.45) is 4.09. The van der Waals surface area contributed by atoms with E-state index in [9.17, 15) is 9.18 Å². The fourth-order valence-electron chi connectivity index (χ4n) is 4.45. The minimum atomic E-state index is -0.364. The molecule has 0 spiro atoms. The summed E-state index contributed by atoms with van der Waals surface area (Å²) in [5.41, 5.74) is 4.18. The van der Waals surface area contributed by atoms with Gasteiger partial charge in [-0.05, 0) is 62.2 Å². The van der Waals surface area contributed by atoms with E-state index in [1.807, 2.05) is 32.0 Å². The van der Waals surface area contributed by atoms with Gasteiger partial charge in [-0.2, -0.15) is 4.98 Å². The Hall–Kier alpha value is -3.59. The Kier molecular flexibility index (Phi) is 5.67. The van der Waals surface area contributed by atoms with Crippen molar-refractivity contribution in [2.24, 2.45) is 0 Å². The third-order valence-corrected chi connectivity index (χ3v) is 6.29. The van der Waals surface area contributed by atoms with Crippen molar-refractivity contribution in [1.29, 1.82) is 0 Å². The van der Waals surface area contributed by atoms with Crippen molar-refractivity contribution in [3.63, 3.8) is 0 Å². The van der Waals surface area contributed by atoms with E-state index in [0.29, 0.717) is 23.3 Å². The zero-order valence-electron chi connectivity index (χ0n) is 20.7. The quantitative estimate of drug-likeness (QED) is 0.455. The monoisotopic (exact) mass is 475 g/mol. The molecule has 8 nitrogen and oxygen atoms in total. The number of pyridine rings is 1. The fourth-order valence-corrected chi connectivity index (χ4v) is 4.45. The molecule has 0 unspecified atom stereocenters. The summed E-state index contributed by atoms with van der Waals surface area (Å²) in [6, 6.07) is 7.09. The van der Waals surface area contributed by atoms with Crippen molar-refractivity contribution >= 4 is 22.7 Å². The zero-order chi connectivity index (χ0) is 24.9. The van der Waals surface area contributed by atoms with Crippen LogP contribution in [0.15, 0.2) is 41.5 Å². The van der Waals surface area contributed by atoms with Crippen LogP contribution in [0.3, 0.4) is 0 Å². The molecule has 182 valence electrons. The number of aromatic nitrogens is 5. The highest BCUT2D eigenvalue weighted by Gasteiger charge is 2.22. The van der Waals surface area contributed by atoms with E-state index in [2.05, 4.69) is 46.4 Å². The van der Waals surface area contributed by atoms with Gasteiger partial charge in [0.1, 0.15) is 11.2 Å². The molecule has 0 saturated carbocycles. The van der Waals surface area contributed by atoms with Crippen LogP contribution in [0.1, 0.15) is 57.5 Å². The second-order valence-corrected chi connectivity index (χ2v) is 10.3. The Balaban J connectivity index is 1.65. The predicted octanol–water partition coefficient (Wildman–Crippen LogP) is 4.38. The highest BCUT2D eigenvalue weighted by Crippen LogP contribution is 2.27. The first-order valence-electron chi connectivity index (χ1n) is 11.9. The highest BCUT2D eigenvalue weighted by atomic mass is 19.1. The lowest BCUT2D eigenvalue weighted by Crippen LogP contribution is -2.24. The van der Waals surface area contributed by atoms with Crippen LogP contribution in [-0.2, 0) is 18.4 Å². The van der Waals surface area contributed by atoms with Gasteiger partial charge >= 0.3 is 0 Å². The first-order valence-corrected chi connectivity index (χ1v) is 11.9. The second kappa shape index (κ2) is 8.57. The number of rotatable bonds is 4. The van der Waals surface area contributed by atoms with Crippen molar-refractivity contribution < 1.29 is 4.39 Å². The van der Waals surface area contributed by atoms with E-state index in [-0.39, 0.29) is 28.8 Å². The number of hydrogen-bond donors (Lipinski definition) is 2.